The summed E-state index contributed by atoms with van der Waals surface area (Å²) in [6, 6.07) is 18.8. The first kappa shape index (κ1) is 27.9. The lowest BCUT2D eigenvalue weighted by Gasteiger charge is -2.14. The molecule has 0 radical (unpaired) electrons. The average molecular weight is 546 g/mol. The molecule has 3 aromatic carbocycles. The van der Waals surface area contributed by atoms with Crippen LogP contribution in [0.4, 0.5) is 0 Å². The van der Waals surface area contributed by atoms with Crippen molar-refractivity contribution in [2.24, 2.45) is 5.92 Å². The predicted molar refractivity (Wildman–Crippen MR) is 154 cm³/mol. The molecule has 0 aliphatic carbocycles. The maximum atomic E-state index is 13.7. The van der Waals surface area contributed by atoms with Crippen molar-refractivity contribution in [2.45, 2.75) is 25.4 Å². The van der Waals surface area contributed by atoms with Crippen LogP contribution in [0.5, 0.6) is 11.5 Å². The summed E-state index contributed by atoms with van der Waals surface area (Å²) in [7, 11) is 3.14. The largest absolute Gasteiger partial charge is 0.497 e. The summed E-state index contributed by atoms with van der Waals surface area (Å²) in [6.45, 7) is 4.76. The van der Waals surface area contributed by atoms with Gasteiger partial charge in [0.15, 0.2) is 10.9 Å². The smallest absolute Gasteiger partial charge is 0.266 e. The molecule has 0 unspecified atom stereocenters. The number of ketones is 1. The van der Waals surface area contributed by atoms with E-state index in [9.17, 15) is 14.4 Å². The van der Waals surface area contributed by atoms with E-state index in [0.29, 0.717) is 56.8 Å². The number of carbonyl (C=O) groups is 2. The molecule has 39 heavy (non-hydrogen) atoms. The van der Waals surface area contributed by atoms with Crippen LogP contribution in [0.2, 0.25) is 0 Å². The van der Waals surface area contributed by atoms with Crippen LogP contribution in [0.15, 0.2) is 76.7 Å². The van der Waals surface area contributed by atoms with Crippen molar-refractivity contribution < 1.29 is 19.1 Å². The number of ether oxygens (including phenoxy) is 2. The Morgan fingerprint density at radius 1 is 0.923 bits per heavy atom. The van der Waals surface area contributed by atoms with Gasteiger partial charge in [-0.15, -0.1) is 0 Å². The highest BCUT2D eigenvalue weighted by atomic mass is 32.2. The molecule has 4 rings (SSSR count). The third-order valence-electron chi connectivity index (χ3n) is 6.18. The number of rotatable bonds is 11. The summed E-state index contributed by atoms with van der Waals surface area (Å²) in [5.74, 6) is 1.51. The normalized spacial score (nSPS) is 11.0. The first-order valence-electron chi connectivity index (χ1n) is 12.6. The number of methoxy groups -OCH3 is 2. The van der Waals surface area contributed by atoms with Crippen LogP contribution in [0.1, 0.15) is 41.0 Å². The standard InChI is InChI=1S/C30H31N3O5S/c1-19(2)15-16-31-28(35)21-7-14-25-26(17-21)32-30(33(29(25)36)22-8-12-24(38-4)13-9-22)39-18-27(34)20-5-10-23(37-3)11-6-20/h5-14,17,19H,15-16,18H2,1-4H3,(H,31,35). The third kappa shape index (κ3) is 6.67. The number of thioether (sulfide) groups is 1. The number of Topliss-reactive ketones (excluding diaryl/α,β-unsaturated/α-hetero) is 1. The van der Waals surface area contributed by atoms with Crippen molar-refractivity contribution in [3.63, 3.8) is 0 Å². The van der Waals surface area contributed by atoms with Crippen LogP contribution in [0.3, 0.4) is 0 Å². The molecular formula is C30H31N3O5S. The van der Waals surface area contributed by atoms with Gasteiger partial charge in [0.25, 0.3) is 11.5 Å². The molecule has 0 spiro atoms. The van der Waals surface area contributed by atoms with Gasteiger partial charge in [-0.2, -0.15) is 0 Å². The average Bonchev–Trinajstić information content (AvgIpc) is 2.95. The summed E-state index contributed by atoms with van der Waals surface area (Å²) in [5, 5.41) is 3.63. The van der Waals surface area contributed by atoms with E-state index in [0.717, 1.165) is 18.2 Å². The fraction of sp³-hybridized carbons (Fsp3) is 0.267. The predicted octanol–water partition coefficient (Wildman–Crippen LogP) is 5.15. The first-order valence-corrected chi connectivity index (χ1v) is 13.6. The summed E-state index contributed by atoms with van der Waals surface area (Å²) in [4.78, 5) is 44.1. The zero-order valence-electron chi connectivity index (χ0n) is 22.4. The van der Waals surface area contributed by atoms with Crippen molar-refractivity contribution in [1.29, 1.82) is 0 Å². The fourth-order valence-electron chi connectivity index (χ4n) is 3.93. The summed E-state index contributed by atoms with van der Waals surface area (Å²) < 4.78 is 11.9. The van der Waals surface area contributed by atoms with Crippen molar-refractivity contribution in [3.8, 4) is 17.2 Å². The van der Waals surface area contributed by atoms with E-state index in [-0.39, 0.29) is 23.0 Å². The van der Waals surface area contributed by atoms with Gasteiger partial charge in [0, 0.05) is 17.7 Å². The van der Waals surface area contributed by atoms with E-state index in [4.69, 9.17) is 14.5 Å². The molecule has 0 aliphatic heterocycles. The van der Waals surface area contributed by atoms with Gasteiger partial charge < -0.3 is 14.8 Å². The molecule has 0 saturated heterocycles. The second kappa shape index (κ2) is 12.6. The van der Waals surface area contributed by atoms with Crippen molar-refractivity contribution in [1.82, 2.24) is 14.9 Å². The number of carbonyl (C=O) groups excluding carboxylic acids is 2. The zero-order chi connectivity index (χ0) is 27.9. The maximum Gasteiger partial charge on any atom is 0.266 e. The molecule has 1 heterocycles. The molecule has 9 heteroatoms. The monoisotopic (exact) mass is 545 g/mol. The van der Waals surface area contributed by atoms with E-state index in [1.54, 1.807) is 80.9 Å². The summed E-state index contributed by atoms with van der Waals surface area (Å²) in [6.07, 6.45) is 0.868. The molecule has 1 N–H and O–H groups in total. The lowest BCUT2D eigenvalue weighted by molar-refractivity contribution is 0.0951. The summed E-state index contributed by atoms with van der Waals surface area (Å²) >= 11 is 1.16. The van der Waals surface area contributed by atoms with Crippen LogP contribution in [0.25, 0.3) is 16.6 Å². The lowest BCUT2D eigenvalue weighted by Crippen LogP contribution is -2.26. The third-order valence-corrected chi connectivity index (χ3v) is 7.12. The number of fused-ring (bicyclic) bond motifs is 1. The lowest BCUT2D eigenvalue weighted by atomic mass is 10.1. The number of hydrogen-bond acceptors (Lipinski definition) is 7. The molecule has 1 aromatic heterocycles. The van der Waals surface area contributed by atoms with Gasteiger partial charge in [0.05, 0.1) is 36.6 Å². The van der Waals surface area contributed by atoms with Crippen LogP contribution in [-0.2, 0) is 0 Å². The Morgan fingerprint density at radius 2 is 1.54 bits per heavy atom. The Labute approximate surface area is 231 Å². The molecule has 202 valence electrons. The van der Waals surface area contributed by atoms with Gasteiger partial charge in [-0.05, 0) is 79.1 Å². The van der Waals surface area contributed by atoms with Gasteiger partial charge in [-0.1, -0.05) is 25.6 Å². The molecule has 0 atom stereocenters. The second-order valence-electron chi connectivity index (χ2n) is 9.34. The Bertz CT molecular complexity index is 1530. The maximum absolute atomic E-state index is 13.7. The highest BCUT2D eigenvalue weighted by molar-refractivity contribution is 7.99. The van der Waals surface area contributed by atoms with E-state index < -0.39 is 0 Å². The Morgan fingerprint density at radius 3 is 2.15 bits per heavy atom. The van der Waals surface area contributed by atoms with Gasteiger partial charge in [0.1, 0.15) is 11.5 Å². The first-order chi connectivity index (χ1) is 18.8. The van der Waals surface area contributed by atoms with Crippen molar-refractivity contribution in [2.75, 3.05) is 26.5 Å². The number of nitrogens with zero attached hydrogens (tertiary/aromatic N) is 2. The van der Waals surface area contributed by atoms with Crippen LogP contribution in [-0.4, -0.2) is 47.8 Å². The van der Waals surface area contributed by atoms with Crippen LogP contribution >= 0.6 is 11.8 Å². The highest BCUT2D eigenvalue weighted by Crippen LogP contribution is 2.24. The quantitative estimate of drug-likeness (QED) is 0.158. The van der Waals surface area contributed by atoms with Gasteiger partial charge in [-0.25, -0.2) is 4.98 Å². The van der Waals surface area contributed by atoms with E-state index in [2.05, 4.69) is 19.2 Å². The number of nitrogens with one attached hydrogen (secondary N) is 1. The Balaban J connectivity index is 1.70. The van der Waals surface area contributed by atoms with Gasteiger partial charge >= 0.3 is 0 Å². The summed E-state index contributed by atoms with van der Waals surface area (Å²) in [5.41, 5.74) is 1.63. The van der Waals surface area contributed by atoms with Crippen molar-refractivity contribution in [3.05, 3.63) is 88.2 Å². The Hall–Kier alpha value is -4.11. The molecule has 0 bridgehead atoms. The van der Waals surface area contributed by atoms with E-state index >= 15 is 0 Å². The molecular weight excluding hydrogens is 514 g/mol. The van der Waals surface area contributed by atoms with Gasteiger partial charge in [0.2, 0.25) is 0 Å². The topological polar surface area (TPSA) is 99.5 Å². The number of aromatic nitrogens is 2. The second-order valence-corrected chi connectivity index (χ2v) is 10.3. The SMILES string of the molecule is COc1ccc(C(=O)CSc2nc3cc(C(=O)NCCC(C)C)ccc3c(=O)n2-c2ccc(OC)cc2)cc1. The minimum absolute atomic E-state index is 0.0653. The molecule has 0 aliphatic rings. The van der Waals surface area contributed by atoms with E-state index in [1.165, 1.54) is 4.57 Å². The molecule has 0 saturated carbocycles. The van der Waals surface area contributed by atoms with Crippen LogP contribution in [0, 0.1) is 5.92 Å². The molecule has 0 fully saturated rings. The number of benzene rings is 3. The van der Waals surface area contributed by atoms with Crippen LogP contribution < -0.4 is 20.3 Å². The van der Waals surface area contributed by atoms with E-state index in [1.807, 2.05) is 0 Å². The highest BCUT2D eigenvalue weighted by Gasteiger charge is 2.17. The number of hydrogen-bond donors (Lipinski definition) is 1. The zero-order valence-corrected chi connectivity index (χ0v) is 23.2. The molecule has 8 nitrogen and oxygen atoms in total. The minimum atomic E-state index is -0.295. The minimum Gasteiger partial charge on any atom is -0.497 e. The molecule has 1 amide bonds. The molecule has 4 aromatic rings. The Kier molecular flexibility index (Phi) is 9.03. The fourth-order valence-corrected chi connectivity index (χ4v) is 4.84. The number of amides is 1. The van der Waals surface area contributed by atoms with Crippen molar-refractivity contribution >= 4 is 34.4 Å². The van der Waals surface area contributed by atoms with Gasteiger partial charge in [-0.3, -0.25) is 19.0 Å².